The van der Waals surface area contributed by atoms with E-state index in [0.717, 1.165) is 12.7 Å². The van der Waals surface area contributed by atoms with Crippen LogP contribution in [0, 0.1) is 6.92 Å². The summed E-state index contributed by atoms with van der Waals surface area (Å²) in [4.78, 5) is 23.4. The number of aryl methyl sites for hydroxylation is 1. The summed E-state index contributed by atoms with van der Waals surface area (Å²) in [7, 11) is -3.38. The molecule has 0 aromatic heterocycles. The maximum absolute atomic E-state index is 12.2. The van der Waals surface area contributed by atoms with Gasteiger partial charge in [-0.3, -0.25) is 0 Å². The maximum Gasteiger partial charge on any atom is 0.408 e. The number of ether oxygens (including phenoxy) is 2. The van der Waals surface area contributed by atoms with Crippen LogP contribution in [0.1, 0.15) is 26.3 Å². The Kier molecular flexibility index (Phi) is 7.13. The number of alkyl carbamates (subject to hydrolysis) is 1. The molecule has 0 saturated carbocycles. The smallest absolute Gasteiger partial charge is 0.408 e. The fourth-order valence-electron chi connectivity index (χ4n) is 1.75. The van der Waals surface area contributed by atoms with Crippen LogP contribution in [0.4, 0.5) is 4.79 Å². The van der Waals surface area contributed by atoms with Gasteiger partial charge in [-0.05, 0) is 39.8 Å². The van der Waals surface area contributed by atoms with Gasteiger partial charge in [0.1, 0.15) is 5.60 Å². The summed E-state index contributed by atoms with van der Waals surface area (Å²) in [6.45, 7) is 6.54. The first-order valence-electron chi connectivity index (χ1n) is 7.61. The van der Waals surface area contributed by atoms with E-state index in [1.165, 1.54) is 12.1 Å². The van der Waals surface area contributed by atoms with E-state index in [0.29, 0.717) is 0 Å². The molecule has 1 aromatic carbocycles. The number of nitrogens with one attached hydrogen (secondary N) is 1. The molecule has 0 radical (unpaired) electrons. The monoisotopic (exact) mass is 389 g/mol. The SMILES string of the molecule is COC(=O)[C@@H](NC(=O)OC(C)(C)C)[C@@H](O)OS(=O)(=O)c1ccc(C)cc1. The lowest BCUT2D eigenvalue weighted by Crippen LogP contribution is -2.52. The number of rotatable bonds is 6. The minimum atomic E-state index is -4.38. The van der Waals surface area contributed by atoms with Crippen LogP contribution in [0.3, 0.4) is 0 Å². The number of carbonyl (C=O) groups is 2. The first-order chi connectivity index (χ1) is 11.9. The van der Waals surface area contributed by atoms with Gasteiger partial charge in [0.15, 0.2) is 6.04 Å². The fourth-order valence-corrected chi connectivity index (χ4v) is 2.71. The van der Waals surface area contributed by atoms with Crippen molar-refractivity contribution in [3.05, 3.63) is 29.8 Å². The number of aliphatic hydroxyl groups is 1. The number of hydrogen-bond donors (Lipinski definition) is 2. The van der Waals surface area contributed by atoms with Gasteiger partial charge in [0, 0.05) is 0 Å². The average molecular weight is 389 g/mol. The average Bonchev–Trinajstić information content (AvgIpc) is 2.50. The zero-order valence-corrected chi connectivity index (χ0v) is 16.0. The summed E-state index contributed by atoms with van der Waals surface area (Å²) < 4.78 is 38.5. The molecule has 0 heterocycles. The summed E-state index contributed by atoms with van der Waals surface area (Å²) in [5, 5.41) is 12.1. The third-order valence-corrected chi connectivity index (χ3v) is 4.25. The highest BCUT2D eigenvalue weighted by Crippen LogP contribution is 2.16. The molecule has 0 unspecified atom stereocenters. The quantitative estimate of drug-likeness (QED) is 0.420. The molecule has 10 heteroatoms. The van der Waals surface area contributed by atoms with Crippen LogP contribution in [0.5, 0.6) is 0 Å². The van der Waals surface area contributed by atoms with Crippen molar-refractivity contribution >= 4 is 22.2 Å². The van der Waals surface area contributed by atoms with Crippen molar-refractivity contribution in [1.82, 2.24) is 5.32 Å². The second kappa shape index (κ2) is 8.47. The highest BCUT2D eigenvalue weighted by atomic mass is 32.2. The van der Waals surface area contributed by atoms with Gasteiger partial charge in [0.25, 0.3) is 10.1 Å². The number of esters is 1. The zero-order chi connectivity index (χ0) is 20.1. The van der Waals surface area contributed by atoms with Crippen molar-refractivity contribution in [3.8, 4) is 0 Å². The Morgan fingerprint density at radius 3 is 2.15 bits per heavy atom. The first-order valence-corrected chi connectivity index (χ1v) is 9.02. The summed E-state index contributed by atoms with van der Waals surface area (Å²) in [5.41, 5.74) is -0.0478. The van der Waals surface area contributed by atoms with Crippen molar-refractivity contribution in [1.29, 1.82) is 0 Å². The van der Waals surface area contributed by atoms with Gasteiger partial charge in [-0.15, -0.1) is 0 Å². The van der Waals surface area contributed by atoms with Gasteiger partial charge in [-0.1, -0.05) is 17.7 Å². The third-order valence-electron chi connectivity index (χ3n) is 2.95. The van der Waals surface area contributed by atoms with Gasteiger partial charge in [-0.2, -0.15) is 8.42 Å². The van der Waals surface area contributed by atoms with E-state index in [2.05, 4.69) is 8.92 Å². The van der Waals surface area contributed by atoms with Crippen LogP contribution in [-0.2, 0) is 28.6 Å². The number of methoxy groups -OCH3 is 1. The van der Waals surface area contributed by atoms with Crippen molar-refractivity contribution in [3.63, 3.8) is 0 Å². The molecule has 146 valence electrons. The second-order valence-corrected chi connectivity index (χ2v) is 7.97. The van der Waals surface area contributed by atoms with Crippen LogP contribution in [0.15, 0.2) is 29.2 Å². The van der Waals surface area contributed by atoms with Gasteiger partial charge in [0.05, 0.1) is 12.0 Å². The molecule has 9 nitrogen and oxygen atoms in total. The Balaban J connectivity index is 2.95. The van der Waals surface area contributed by atoms with Crippen molar-refractivity contribution in [2.45, 2.75) is 50.5 Å². The predicted octanol–water partition coefficient (Wildman–Crippen LogP) is 1.09. The van der Waals surface area contributed by atoms with E-state index in [-0.39, 0.29) is 4.90 Å². The van der Waals surface area contributed by atoms with Gasteiger partial charge < -0.3 is 19.9 Å². The Morgan fingerprint density at radius 1 is 1.15 bits per heavy atom. The minimum Gasteiger partial charge on any atom is -0.467 e. The molecular weight excluding hydrogens is 366 g/mol. The molecule has 1 amide bonds. The number of aliphatic hydroxyl groups excluding tert-OH is 1. The molecule has 0 saturated heterocycles. The van der Waals surface area contributed by atoms with E-state index in [1.807, 2.05) is 5.32 Å². The van der Waals surface area contributed by atoms with Crippen LogP contribution >= 0.6 is 0 Å². The lowest BCUT2D eigenvalue weighted by atomic mass is 10.2. The molecule has 0 aliphatic heterocycles. The maximum atomic E-state index is 12.2. The molecule has 0 fully saturated rings. The van der Waals surface area contributed by atoms with Crippen LogP contribution in [0.2, 0.25) is 0 Å². The topological polar surface area (TPSA) is 128 Å². The second-order valence-electron chi connectivity index (χ2n) is 6.40. The highest BCUT2D eigenvalue weighted by Gasteiger charge is 2.35. The Labute approximate surface area is 152 Å². The fraction of sp³-hybridized carbons (Fsp3) is 0.500. The summed E-state index contributed by atoms with van der Waals surface area (Å²) >= 11 is 0. The third kappa shape index (κ3) is 6.62. The lowest BCUT2D eigenvalue weighted by Gasteiger charge is -2.24. The van der Waals surface area contributed by atoms with E-state index in [9.17, 15) is 23.1 Å². The van der Waals surface area contributed by atoms with Crippen LogP contribution in [0.25, 0.3) is 0 Å². The summed E-state index contributed by atoms with van der Waals surface area (Å²) in [6, 6.07) is 3.84. The highest BCUT2D eigenvalue weighted by molar-refractivity contribution is 7.86. The minimum absolute atomic E-state index is 0.219. The van der Waals surface area contributed by atoms with E-state index >= 15 is 0 Å². The number of hydrogen-bond acceptors (Lipinski definition) is 8. The Morgan fingerprint density at radius 2 is 1.69 bits per heavy atom. The van der Waals surface area contributed by atoms with E-state index < -0.39 is 40.1 Å². The normalized spacial score (nSPS) is 14.2. The van der Waals surface area contributed by atoms with Crippen LogP contribution in [-0.4, -0.2) is 50.6 Å². The Bertz CT molecular complexity index is 737. The van der Waals surface area contributed by atoms with E-state index in [1.54, 1.807) is 39.8 Å². The van der Waals surface area contributed by atoms with E-state index in [4.69, 9.17) is 4.74 Å². The molecule has 0 spiro atoms. The lowest BCUT2D eigenvalue weighted by molar-refractivity contribution is -0.152. The van der Waals surface area contributed by atoms with Crippen LogP contribution < -0.4 is 5.32 Å². The number of carbonyl (C=O) groups excluding carboxylic acids is 2. The van der Waals surface area contributed by atoms with Gasteiger partial charge in [0.2, 0.25) is 6.29 Å². The van der Waals surface area contributed by atoms with Crippen molar-refractivity contribution in [2.75, 3.05) is 7.11 Å². The number of benzene rings is 1. The van der Waals surface area contributed by atoms with Gasteiger partial charge >= 0.3 is 12.1 Å². The molecule has 1 rings (SSSR count). The molecule has 0 aliphatic rings. The zero-order valence-electron chi connectivity index (χ0n) is 15.2. The molecule has 2 atom stereocenters. The first kappa shape index (κ1) is 21.9. The summed E-state index contributed by atoms with van der Waals surface area (Å²) in [5.74, 6) is -1.11. The molecule has 0 aliphatic carbocycles. The molecule has 1 aromatic rings. The molecule has 2 N–H and O–H groups in total. The molecular formula is C16H23NO8S. The largest absolute Gasteiger partial charge is 0.467 e. The van der Waals surface area contributed by atoms with Crippen molar-refractivity contribution in [2.24, 2.45) is 0 Å². The number of amides is 1. The summed E-state index contributed by atoms with van der Waals surface area (Å²) in [6.07, 6.45) is -3.27. The predicted molar refractivity (Wildman–Crippen MR) is 90.6 cm³/mol. The molecule has 26 heavy (non-hydrogen) atoms. The standard InChI is InChI=1S/C16H23NO8S/c1-10-6-8-11(9-7-10)26(21,22)25-14(19)12(13(18)23-5)17-15(20)24-16(2,3)4/h6-9,12,14,19H,1-5H3,(H,17,20)/t12-,14+/m1/s1. The molecule has 0 bridgehead atoms. The van der Waals surface area contributed by atoms with Gasteiger partial charge in [-0.25, -0.2) is 13.8 Å². The Hall–Kier alpha value is -2.17. The van der Waals surface area contributed by atoms with Crippen molar-refractivity contribution < 1.29 is 36.8 Å².